The molecule has 3 rings (SSSR count). The highest BCUT2D eigenvalue weighted by Crippen LogP contribution is 2.17. The van der Waals surface area contributed by atoms with Gasteiger partial charge in [0, 0.05) is 24.1 Å². The summed E-state index contributed by atoms with van der Waals surface area (Å²) in [6.45, 7) is 6.57. The zero-order chi connectivity index (χ0) is 27.5. The fraction of sp³-hybridized carbons (Fsp3) is 0.357. The van der Waals surface area contributed by atoms with E-state index in [1.807, 2.05) is 18.2 Å². The first-order valence-corrected chi connectivity index (χ1v) is 13.1. The number of nitrogens with one attached hydrogen (secondary N) is 3. The van der Waals surface area contributed by atoms with Crippen molar-refractivity contribution >= 4 is 46.0 Å². The zero-order valence-electron chi connectivity index (χ0n) is 21.5. The number of benzene rings is 1. The molecule has 1 saturated heterocycles. The van der Waals surface area contributed by atoms with E-state index in [-0.39, 0.29) is 28.1 Å². The first kappa shape index (κ1) is 28.3. The lowest BCUT2D eigenvalue weighted by atomic mass is 9.99. The Balaban J connectivity index is 1.78. The Bertz CT molecular complexity index is 1520. The van der Waals surface area contributed by atoms with Crippen LogP contribution in [0.1, 0.15) is 26.7 Å². The highest BCUT2D eigenvalue weighted by Gasteiger charge is 2.18. The minimum absolute atomic E-state index is 0.0210. The van der Waals surface area contributed by atoms with Gasteiger partial charge in [0.15, 0.2) is 5.57 Å². The number of rotatable bonds is 8. The summed E-state index contributed by atoms with van der Waals surface area (Å²) in [5.41, 5.74) is 6.43. The molecule has 1 fully saturated rings. The van der Waals surface area contributed by atoms with E-state index in [0.29, 0.717) is 35.0 Å². The molecule has 1 aliphatic heterocycles. The lowest BCUT2D eigenvalue weighted by molar-refractivity contribution is -0.118. The van der Waals surface area contributed by atoms with Crippen molar-refractivity contribution in [2.75, 3.05) is 36.8 Å². The van der Waals surface area contributed by atoms with Gasteiger partial charge in [-0.2, -0.15) is 5.26 Å². The van der Waals surface area contributed by atoms with Crippen molar-refractivity contribution < 1.29 is 9.59 Å². The minimum Gasteiger partial charge on any atom is -0.355 e. The Morgan fingerprint density at radius 2 is 2.00 bits per heavy atom. The Morgan fingerprint density at radius 1 is 1.26 bits per heavy atom. The molecule has 0 saturated carbocycles. The number of aromatic nitrogens is 1. The van der Waals surface area contributed by atoms with Gasteiger partial charge >= 0.3 is 0 Å². The van der Waals surface area contributed by atoms with Gasteiger partial charge in [-0.1, -0.05) is 41.7 Å². The Kier molecular flexibility index (Phi) is 10.3. The molecule has 0 atom stereocenters. The van der Waals surface area contributed by atoms with E-state index in [4.69, 9.17) is 6.42 Å². The molecule has 2 amide bonds. The van der Waals surface area contributed by atoms with E-state index in [2.05, 4.69) is 45.2 Å². The molecule has 2 heterocycles. The Hall–Kier alpha value is -4.30. The van der Waals surface area contributed by atoms with E-state index >= 15 is 0 Å². The van der Waals surface area contributed by atoms with Gasteiger partial charge in [0.05, 0.1) is 13.1 Å². The maximum atomic E-state index is 12.8. The highest BCUT2D eigenvalue weighted by molar-refractivity contribution is 7.07. The van der Waals surface area contributed by atoms with Crippen LogP contribution in [0.4, 0.5) is 11.4 Å². The molecule has 0 radical (unpaired) electrons. The average Bonchev–Trinajstić information content (AvgIpc) is 3.21. The summed E-state index contributed by atoms with van der Waals surface area (Å²) in [5.74, 6) is 2.26. The van der Waals surface area contributed by atoms with Crippen molar-refractivity contribution in [1.29, 1.82) is 5.26 Å². The second kappa shape index (κ2) is 13.9. The molecule has 38 heavy (non-hydrogen) atoms. The van der Waals surface area contributed by atoms with Crippen LogP contribution < -0.4 is 30.7 Å². The summed E-state index contributed by atoms with van der Waals surface area (Å²) in [6.07, 6.45) is 8.86. The number of anilines is 2. The fourth-order valence-electron chi connectivity index (χ4n) is 3.84. The number of piperidine rings is 1. The van der Waals surface area contributed by atoms with Crippen LogP contribution in [0.25, 0.3) is 11.5 Å². The summed E-state index contributed by atoms with van der Waals surface area (Å²) in [4.78, 5) is 39.5. The van der Waals surface area contributed by atoms with Crippen LogP contribution in [0.15, 0.2) is 40.8 Å². The van der Waals surface area contributed by atoms with Crippen molar-refractivity contribution in [1.82, 2.24) is 14.8 Å². The van der Waals surface area contributed by atoms with E-state index in [9.17, 15) is 19.6 Å². The van der Waals surface area contributed by atoms with Crippen molar-refractivity contribution in [2.45, 2.75) is 33.2 Å². The third-order valence-corrected chi connectivity index (χ3v) is 6.97. The number of hydrogen-bond donors (Lipinski definition) is 3. The first-order valence-electron chi connectivity index (χ1n) is 12.3. The third kappa shape index (κ3) is 7.85. The molecule has 0 bridgehead atoms. The standard InChI is InChI=1S/C28H30N6O3S/c1-4-12-31-27(36)21(18-29)16-26-34(5-2)28(37)24(38-26)9-13-30-22-7-6-8-23(17-22)32-25(35)19-33-14-10-20(3)11-15-33/h1,6-8,13,17,20,30H,5,10-12,14-15,19H2,2-3H3,(H,31,36)(H,32,35). The molecule has 9 nitrogen and oxygen atoms in total. The molecule has 10 heteroatoms. The maximum absolute atomic E-state index is 12.8. The number of nitrogens with zero attached hydrogens (tertiary/aromatic N) is 3. The lowest BCUT2D eigenvalue weighted by Crippen LogP contribution is -2.38. The van der Waals surface area contributed by atoms with Gasteiger partial charge in [-0.3, -0.25) is 23.9 Å². The molecular formula is C28H30N6O3S. The summed E-state index contributed by atoms with van der Waals surface area (Å²) in [5, 5.41) is 17.7. The summed E-state index contributed by atoms with van der Waals surface area (Å²) in [6, 6.07) is 9.04. The van der Waals surface area contributed by atoms with Crippen molar-refractivity contribution in [3.8, 4) is 18.4 Å². The van der Waals surface area contributed by atoms with Crippen molar-refractivity contribution in [3.63, 3.8) is 0 Å². The van der Waals surface area contributed by atoms with Crippen molar-refractivity contribution in [3.05, 3.63) is 55.6 Å². The molecule has 0 aliphatic carbocycles. The normalized spacial score (nSPS) is 13.3. The van der Waals surface area contributed by atoms with E-state index < -0.39 is 5.91 Å². The maximum Gasteiger partial charge on any atom is 0.277 e. The van der Waals surface area contributed by atoms with E-state index in [1.54, 1.807) is 19.1 Å². The second-order valence-electron chi connectivity index (χ2n) is 8.81. The summed E-state index contributed by atoms with van der Waals surface area (Å²) < 4.78 is 2.02. The predicted octanol–water partition coefficient (Wildman–Crippen LogP) is 1.18. The highest BCUT2D eigenvalue weighted by atomic mass is 32.1. The third-order valence-electron chi connectivity index (χ3n) is 5.95. The van der Waals surface area contributed by atoms with Crippen LogP contribution in [-0.2, 0) is 16.1 Å². The molecule has 196 valence electrons. The second-order valence-corrected chi connectivity index (χ2v) is 9.80. The minimum atomic E-state index is -0.658. The molecular weight excluding hydrogens is 500 g/mol. The van der Waals surface area contributed by atoms with Crippen LogP contribution in [0.3, 0.4) is 0 Å². The van der Waals surface area contributed by atoms with Crippen LogP contribution in [0, 0.1) is 29.6 Å². The number of likely N-dealkylation sites (tertiary alicyclic amines) is 1. The molecule has 1 aromatic heterocycles. The topological polar surface area (TPSA) is 119 Å². The van der Waals surface area contributed by atoms with E-state index in [0.717, 1.165) is 37.3 Å². The number of hydrogen-bond acceptors (Lipinski definition) is 7. The van der Waals surface area contributed by atoms with Gasteiger partial charge in [0.1, 0.15) is 15.3 Å². The zero-order valence-corrected chi connectivity index (χ0v) is 22.3. The smallest absolute Gasteiger partial charge is 0.277 e. The molecule has 1 aliphatic rings. The van der Waals surface area contributed by atoms with Crippen molar-refractivity contribution in [2.24, 2.45) is 5.92 Å². The average molecular weight is 531 g/mol. The summed E-state index contributed by atoms with van der Waals surface area (Å²) in [7, 11) is 0. The van der Waals surface area contributed by atoms with Gasteiger partial charge in [-0.15, -0.1) is 6.42 Å². The van der Waals surface area contributed by atoms with Gasteiger partial charge in [-0.25, -0.2) is 0 Å². The van der Waals surface area contributed by atoms with Crippen LogP contribution in [0.5, 0.6) is 0 Å². The Labute approximate surface area is 225 Å². The van der Waals surface area contributed by atoms with E-state index in [1.165, 1.54) is 10.8 Å². The Morgan fingerprint density at radius 3 is 2.68 bits per heavy atom. The fourth-order valence-corrected chi connectivity index (χ4v) is 4.82. The van der Waals surface area contributed by atoms with Gasteiger partial charge < -0.3 is 16.0 Å². The first-order chi connectivity index (χ1) is 18.3. The largest absolute Gasteiger partial charge is 0.355 e. The number of terminal acetylenes is 1. The molecule has 0 unspecified atom stereocenters. The number of thiazole rings is 1. The SMILES string of the molecule is C#CCNC(=O)C(=C=c1sc(=C=CNc2cccc(NC(=O)CN3CCC(C)CC3)c2)c(=O)n1CC)C#N. The van der Waals surface area contributed by atoms with Crippen LogP contribution >= 0.6 is 11.3 Å². The van der Waals surface area contributed by atoms with Crippen LogP contribution in [0.2, 0.25) is 0 Å². The predicted molar refractivity (Wildman–Crippen MR) is 149 cm³/mol. The molecule has 1 aromatic carbocycles. The molecule has 2 aromatic rings. The monoisotopic (exact) mass is 530 g/mol. The number of carbonyl (C=O) groups excluding carboxylic acids is 2. The van der Waals surface area contributed by atoms with Crippen LogP contribution in [-0.4, -0.2) is 47.5 Å². The summed E-state index contributed by atoms with van der Waals surface area (Å²) >= 11 is 1.06. The molecule has 3 N–H and O–H groups in total. The quantitative estimate of drug-likeness (QED) is 0.268. The van der Waals surface area contributed by atoms with Gasteiger partial charge in [-0.05, 0) is 57.0 Å². The number of nitriles is 1. The number of amides is 2. The lowest BCUT2D eigenvalue weighted by Gasteiger charge is -2.29. The number of carbonyl (C=O) groups is 2. The van der Waals surface area contributed by atoms with Gasteiger partial charge in [0.2, 0.25) is 5.91 Å². The molecule has 0 spiro atoms. The van der Waals surface area contributed by atoms with Gasteiger partial charge in [0.25, 0.3) is 11.5 Å².